The average molecular weight is 289 g/mol. The van der Waals surface area contributed by atoms with Crippen molar-refractivity contribution in [2.24, 2.45) is 0 Å². The average Bonchev–Trinajstić information content (AvgIpc) is 2.55. The van der Waals surface area contributed by atoms with E-state index < -0.39 is 11.5 Å². The number of rotatable bonds is 5. The van der Waals surface area contributed by atoms with E-state index in [1.54, 1.807) is 0 Å². The van der Waals surface area contributed by atoms with Crippen LogP contribution >= 0.6 is 0 Å². The van der Waals surface area contributed by atoms with Gasteiger partial charge >= 0.3 is 0 Å². The number of nitrogens with zero attached hydrogens (tertiary/aromatic N) is 1. The topological polar surface area (TPSA) is 72.6 Å². The van der Waals surface area contributed by atoms with Crippen LogP contribution in [0.1, 0.15) is 25.0 Å². The summed E-state index contributed by atoms with van der Waals surface area (Å²) in [7, 11) is 0. The zero-order valence-corrected chi connectivity index (χ0v) is 12.2. The molecule has 0 heterocycles. The lowest BCUT2D eigenvalue weighted by Gasteiger charge is -2.07. The Morgan fingerprint density at radius 2 is 1.81 bits per heavy atom. The number of nitro groups is 1. The molecule has 0 spiro atoms. The van der Waals surface area contributed by atoms with Crippen LogP contribution < -0.4 is 4.74 Å². The minimum atomic E-state index is -0.521. The smallest absolute Gasteiger partial charge is 0.275 e. The van der Waals surface area contributed by atoms with E-state index in [0.717, 1.165) is 5.56 Å². The number of hydrogen-bond acceptors (Lipinski definition) is 4. The van der Waals surface area contributed by atoms with Gasteiger partial charge in [0.1, 0.15) is 12.4 Å². The fourth-order valence-electron chi connectivity index (χ4n) is 1.70. The molecule has 0 unspecified atom stereocenters. The van der Waals surface area contributed by atoms with E-state index in [0.29, 0.717) is 12.4 Å². The molecule has 0 bridgehead atoms. The Bertz CT molecular complexity index is 570. The Morgan fingerprint density at radius 1 is 1.14 bits per heavy atom. The Morgan fingerprint density at radius 3 is 2.38 bits per heavy atom. The lowest BCUT2D eigenvalue weighted by atomic mass is 10.2. The Hall–Kier alpha value is -2.40. The number of aliphatic hydroxyl groups excluding tert-OH is 1. The summed E-state index contributed by atoms with van der Waals surface area (Å²) in [5, 5.41) is 19.8. The van der Waals surface area contributed by atoms with Gasteiger partial charge in [0.25, 0.3) is 5.69 Å². The van der Waals surface area contributed by atoms with Crippen molar-refractivity contribution in [3.05, 3.63) is 69.8 Å². The fraction of sp³-hybridized carbons (Fsp3) is 0.250. The van der Waals surface area contributed by atoms with E-state index in [1.807, 2.05) is 44.2 Å². The molecule has 0 aliphatic heterocycles. The molecule has 0 fully saturated rings. The first-order valence-electron chi connectivity index (χ1n) is 6.75. The second-order valence-electron chi connectivity index (χ2n) is 3.98. The highest BCUT2D eigenvalue weighted by molar-refractivity contribution is 5.44. The van der Waals surface area contributed by atoms with E-state index in [4.69, 9.17) is 9.84 Å². The van der Waals surface area contributed by atoms with Gasteiger partial charge in [0.15, 0.2) is 0 Å². The highest BCUT2D eigenvalue weighted by Gasteiger charge is 2.13. The molecule has 0 radical (unpaired) electrons. The van der Waals surface area contributed by atoms with Crippen LogP contribution in [0.5, 0.6) is 5.75 Å². The van der Waals surface area contributed by atoms with E-state index in [1.165, 1.54) is 18.2 Å². The Labute approximate surface area is 124 Å². The standard InChI is InChI=1S/C14H13NO4.C2H6/c16-9-12-8-13(6-7-14(12)15(17)18)19-10-11-4-2-1-3-5-11;1-2/h1-8,16H,9-10H2;1-2H3. The molecular weight excluding hydrogens is 270 g/mol. The molecule has 0 aromatic heterocycles. The maximum atomic E-state index is 10.7. The van der Waals surface area contributed by atoms with Gasteiger partial charge in [-0.25, -0.2) is 0 Å². The van der Waals surface area contributed by atoms with Gasteiger partial charge in [0, 0.05) is 6.07 Å². The summed E-state index contributed by atoms with van der Waals surface area (Å²) in [6, 6.07) is 13.9. The lowest BCUT2D eigenvalue weighted by Crippen LogP contribution is -1.99. The van der Waals surface area contributed by atoms with E-state index in [-0.39, 0.29) is 11.3 Å². The largest absolute Gasteiger partial charge is 0.489 e. The first kappa shape index (κ1) is 16.7. The van der Waals surface area contributed by atoms with Crippen molar-refractivity contribution >= 4 is 5.69 Å². The van der Waals surface area contributed by atoms with Crippen molar-refractivity contribution in [1.82, 2.24) is 0 Å². The first-order valence-corrected chi connectivity index (χ1v) is 6.75. The molecule has 0 atom stereocenters. The van der Waals surface area contributed by atoms with Crippen molar-refractivity contribution in [2.75, 3.05) is 0 Å². The second-order valence-corrected chi connectivity index (χ2v) is 3.98. The van der Waals surface area contributed by atoms with Crippen molar-refractivity contribution in [3.63, 3.8) is 0 Å². The SMILES string of the molecule is CC.O=[N+]([O-])c1ccc(OCc2ccccc2)cc1CO. The fourth-order valence-corrected chi connectivity index (χ4v) is 1.70. The van der Waals surface area contributed by atoms with Crippen molar-refractivity contribution in [1.29, 1.82) is 0 Å². The predicted octanol–water partition coefficient (Wildman–Crippen LogP) is 3.69. The van der Waals surface area contributed by atoms with Crippen molar-refractivity contribution < 1.29 is 14.8 Å². The zero-order chi connectivity index (χ0) is 15.7. The van der Waals surface area contributed by atoms with Crippen LogP contribution in [0.3, 0.4) is 0 Å². The second kappa shape index (κ2) is 8.71. The van der Waals surface area contributed by atoms with Gasteiger partial charge in [-0.1, -0.05) is 44.2 Å². The normalized spacial score (nSPS) is 9.48. The molecule has 0 aliphatic rings. The summed E-state index contributed by atoms with van der Waals surface area (Å²) in [5.41, 5.74) is 1.15. The molecule has 5 nitrogen and oxygen atoms in total. The minimum absolute atomic E-state index is 0.102. The minimum Gasteiger partial charge on any atom is -0.489 e. The highest BCUT2D eigenvalue weighted by Crippen LogP contribution is 2.24. The highest BCUT2D eigenvalue weighted by atomic mass is 16.6. The molecule has 2 aromatic carbocycles. The quantitative estimate of drug-likeness (QED) is 0.673. The summed E-state index contributed by atoms with van der Waals surface area (Å²) in [6.07, 6.45) is 0. The van der Waals surface area contributed by atoms with Crippen molar-refractivity contribution in [2.45, 2.75) is 27.1 Å². The molecule has 2 aromatic rings. The summed E-state index contributed by atoms with van der Waals surface area (Å²) in [4.78, 5) is 10.2. The maximum Gasteiger partial charge on any atom is 0.275 e. The summed E-state index contributed by atoms with van der Waals surface area (Å²) >= 11 is 0. The Balaban J connectivity index is 0.00000106. The molecule has 0 saturated heterocycles. The Kier molecular flexibility index (Phi) is 6.91. The monoisotopic (exact) mass is 289 g/mol. The number of ether oxygens (including phenoxy) is 1. The van der Waals surface area contributed by atoms with Crippen LogP contribution in [0.15, 0.2) is 48.5 Å². The van der Waals surface area contributed by atoms with Gasteiger partial charge in [-0.3, -0.25) is 10.1 Å². The van der Waals surface area contributed by atoms with Crippen LogP contribution in [0.25, 0.3) is 0 Å². The van der Waals surface area contributed by atoms with Crippen LogP contribution in [-0.4, -0.2) is 10.0 Å². The third-order valence-corrected chi connectivity index (χ3v) is 2.67. The molecule has 112 valence electrons. The van der Waals surface area contributed by atoms with Crippen LogP contribution in [0.2, 0.25) is 0 Å². The van der Waals surface area contributed by atoms with Crippen molar-refractivity contribution in [3.8, 4) is 5.75 Å². The summed E-state index contributed by atoms with van der Waals surface area (Å²) in [6.45, 7) is 3.99. The molecule has 5 heteroatoms. The first-order chi connectivity index (χ1) is 10.2. The van der Waals surface area contributed by atoms with E-state index in [2.05, 4.69) is 0 Å². The third-order valence-electron chi connectivity index (χ3n) is 2.67. The van der Waals surface area contributed by atoms with Crippen LogP contribution in [-0.2, 0) is 13.2 Å². The molecule has 0 saturated carbocycles. The molecular formula is C16H19NO4. The van der Waals surface area contributed by atoms with Gasteiger partial charge in [-0.15, -0.1) is 0 Å². The van der Waals surface area contributed by atoms with Gasteiger partial charge in [0.05, 0.1) is 17.1 Å². The zero-order valence-electron chi connectivity index (χ0n) is 12.2. The third kappa shape index (κ3) is 4.89. The predicted molar refractivity (Wildman–Crippen MR) is 81.1 cm³/mol. The van der Waals surface area contributed by atoms with E-state index in [9.17, 15) is 10.1 Å². The molecule has 1 N–H and O–H groups in total. The molecule has 0 amide bonds. The maximum absolute atomic E-state index is 10.7. The number of nitro benzene ring substituents is 1. The van der Waals surface area contributed by atoms with Gasteiger partial charge in [-0.05, 0) is 17.7 Å². The molecule has 2 rings (SSSR count). The summed E-state index contributed by atoms with van der Waals surface area (Å²) in [5.74, 6) is 0.499. The number of benzene rings is 2. The van der Waals surface area contributed by atoms with Crippen LogP contribution in [0, 0.1) is 10.1 Å². The van der Waals surface area contributed by atoms with Gasteiger partial charge in [-0.2, -0.15) is 0 Å². The number of aliphatic hydroxyl groups is 1. The molecule has 21 heavy (non-hydrogen) atoms. The van der Waals surface area contributed by atoms with Crippen LogP contribution in [0.4, 0.5) is 5.69 Å². The summed E-state index contributed by atoms with van der Waals surface area (Å²) < 4.78 is 5.54. The van der Waals surface area contributed by atoms with Gasteiger partial charge in [0.2, 0.25) is 0 Å². The van der Waals surface area contributed by atoms with Gasteiger partial charge < -0.3 is 9.84 Å². The lowest BCUT2D eigenvalue weighted by molar-refractivity contribution is -0.385. The van der Waals surface area contributed by atoms with E-state index >= 15 is 0 Å². The molecule has 0 aliphatic carbocycles. The number of hydrogen-bond donors (Lipinski definition) is 1.